The molecule has 3 aliphatic rings. The molecule has 172 valence electrons. The molecular weight excluding hydrogens is 396 g/mol. The van der Waals surface area contributed by atoms with E-state index >= 15 is 0 Å². The summed E-state index contributed by atoms with van der Waals surface area (Å²) >= 11 is 0. The number of hydrogen-bond donors (Lipinski definition) is 1. The number of aryl methyl sites for hydroxylation is 1. The molecule has 2 aliphatic heterocycles. The minimum Gasteiger partial charge on any atom is -0.466 e. The van der Waals surface area contributed by atoms with Crippen LogP contribution in [0, 0.1) is 18.3 Å². The van der Waals surface area contributed by atoms with Crippen molar-refractivity contribution in [2.75, 3.05) is 46.0 Å². The van der Waals surface area contributed by atoms with Crippen molar-refractivity contribution >= 4 is 11.9 Å². The number of aromatic nitrogens is 2. The Labute approximate surface area is 184 Å². The molecule has 1 aromatic rings. The molecule has 0 bridgehead atoms. The van der Waals surface area contributed by atoms with Crippen LogP contribution in [-0.4, -0.2) is 83.9 Å². The highest BCUT2D eigenvalue weighted by Gasteiger charge is 2.54. The quantitative estimate of drug-likeness (QED) is 0.718. The first-order chi connectivity index (χ1) is 15.0. The molecule has 3 fully saturated rings. The van der Waals surface area contributed by atoms with Crippen molar-refractivity contribution in [2.45, 2.75) is 58.9 Å². The second-order valence-corrected chi connectivity index (χ2v) is 9.19. The predicted octanol–water partition coefficient (Wildman–Crippen LogP) is 2.18. The van der Waals surface area contributed by atoms with Crippen LogP contribution in [0.4, 0.5) is 0 Å². The molecule has 0 radical (unpaired) electrons. The molecule has 3 atom stereocenters. The Balaban J connectivity index is 1.54. The van der Waals surface area contributed by atoms with E-state index in [9.17, 15) is 9.59 Å². The topological polar surface area (TPSA) is 87.8 Å². The number of morpholine rings is 1. The van der Waals surface area contributed by atoms with E-state index in [0.29, 0.717) is 31.4 Å². The van der Waals surface area contributed by atoms with Gasteiger partial charge < -0.3 is 14.4 Å². The SMILES string of the molecule is CCOC(=O)[C@@]12CC[C@H](N3CCOCC3)C[C@H]1CCN(C(=O)c1n[nH]c(CC)c1C)C2. The zero-order valence-electron chi connectivity index (χ0n) is 19.1. The minimum atomic E-state index is -0.607. The average molecular weight is 433 g/mol. The molecule has 3 heterocycles. The number of H-pyrrole nitrogens is 1. The minimum absolute atomic E-state index is 0.0779. The Morgan fingerprint density at radius 1 is 1.23 bits per heavy atom. The van der Waals surface area contributed by atoms with Crippen LogP contribution in [0.25, 0.3) is 0 Å². The van der Waals surface area contributed by atoms with E-state index in [0.717, 1.165) is 69.7 Å². The molecule has 4 rings (SSSR count). The standard InChI is InChI=1S/C23H36N4O4/c1-4-19-16(3)20(25-24-19)21(28)27-9-7-17-14-18(26-10-12-30-13-11-26)6-8-23(17,15-27)22(29)31-5-2/h17-18H,4-15H2,1-3H3,(H,24,25)/t17-,18+,23-/m1/s1. The van der Waals surface area contributed by atoms with Crippen molar-refractivity contribution in [2.24, 2.45) is 11.3 Å². The molecule has 1 aromatic heterocycles. The maximum Gasteiger partial charge on any atom is 0.314 e. The van der Waals surface area contributed by atoms with Gasteiger partial charge in [0.2, 0.25) is 0 Å². The fourth-order valence-corrected chi connectivity index (χ4v) is 5.83. The maximum absolute atomic E-state index is 13.3. The Hall–Kier alpha value is -1.93. The van der Waals surface area contributed by atoms with Crippen molar-refractivity contribution in [3.05, 3.63) is 17.0 Å². The molecule has 1 N–H and O–H groups in total. The van der Waals surface area contributed by atoms with E-state index in [1.165, 1.54) is 0 Å². The lowest BCUT2D eigenvalue weighted by Gasteiger charge is -2.52. The summed E-state index contributed by atoms with van der Waals surface area (Å²) in [6.45, 7) is 10.8. The van der Waals surface area contributed by atoms with E-state index in [1.807, 2.05) is 25.7 Å². The van der Waals surface area contributed by atoms with Crippen LogP contribution in [0.15, 0.2) is 0 Å². The Bertz CT molecular complexity index is 803. The third kappa shape index (κ3) is 4.12. The van der Waals surface area contributed by atoms with Gasteiger partial charge in [-0.25, -0.2) is 0 Å². The third-order valence-corrected chi connectivity index (χ3v) is 7.68. The fraction of sp³-hybridized carbons (Fsp3) is 0.783. The highest BCUT2D eigenvalue weighted by Crippen LogP contribution is 2.48. The van der Waals surface area contributed by atoms with Gasteiger partial charge in [-0.05, 0) is 51.9 Å². The zero-order valence-corrected chi connectivity index (χ0v) is 19.1. The Morgan fingerprint density at radius 3 is 2.68 bits per heavy atom. The number of rotatable bonds is 5. The van der Waals surface area contributed by atoms with Crippen molar-refractivity contribution in [3.8, 4) is 0 Å². The first-order valence-electron chi connectivity index (χ1n) is 11.8. The molecule has 2 saturated heterocycles. The summed E-state index contributed by atoms with van der Waals surface area (Å²) in [6, 6.07) is 0.486. The number of carbonyl (C=O) groups excluding carboxylic acids is 2. The van der Waals surface area contributed by atoms with E-state index in [-0.39, 0.29) is 17.8 Å². The largest absolute Gasteiger partial charge is 0.466 e. The van der Waals surface area contributed by atoms with E-state index in [4.69, 9.17) is 9.47 Å². The van der Waals surface area contributed by atoms with Crippen LogP contribution in [0.2, 0.25) is 0 Å². The molecular formula is C23H36N4O4. The number of nitrogens with zero attached hydrogens (tertiary/aromatic N) is 3. The highest BCUT2D eigenvalue weighted by atomic mass is 16.5. The number of hydrogen-bond acceptors (Lipinski definition) is 6. The van der Waals surface area contributed by atoms with Crippen LogP contribution in [-0.2, 0) is 20.7 Å². The normalized spacial score (nSPS) is 29.5. The number of nitrogens with one attached hydrogen (secondary N) is 1. The number of likely N-dealkylation sites (tertiary alicyclic amines) is 1. The summed E-state index contributed by atoms with van der Waals surface area (Å²) < 4.78 is 11.1. The van der Waals surface area contributed by atoms with E-state index < -0.39 is 5.41 Å². The van der Waals surface area contributed by atoms with Crippen LogP contribution < -0.4 is 0 Å². The van der Waals surface area contributed by atoms with Crippen LogP contribution in [0.5, 0.6) is 0 Å². The summed E-state index contributed by atoms with van der Waals surface area (Å²) in [5.74, 6) is 0.0282. The predicted molar refractivity (Wildman–Crippen MR) is 116 cm³/mol. The average Bonchev–Trinajstić information content (AvgIpc) is 3.18. The number of esters is 1. The van der Waals surface area contributed by atoms with Gasteiger partial charge in [-0.1, -0.05) is 6.92 Å². The second kappa shape index (κ2) is 9.28. The lowest BCUT2D eigenvalue weighted by atomic mass is 9.61. The third-order valence-electron chi connectivity index (χ3n) is 7.68. The molecule has 31 heavy (non-hydrogen) atoms. The molecule has 0 spiro atoms. The molecule has 1 saturated carbocycles. The van der Waals surface area contributed by atoms with Gasteiger partial charge >= 0.3 is 5.97 Å². The van der Waals surface area contributed by atoms with E-state index in [1.54, 1.807) is 0 Å². The number of ether oxygens (including phenoxy) is 2. The van der Waals surface area contributed by atoms with E-state index in [2.05, 4.69) is 15.1 Å². The lowest BCUT2D eigenvalue weighted by molar-refractivity contribution is -0.168. The summed E-state index contributed by atoms with van der Waals surface area (Å²) in [5.41, 5.74) is 1.78. The van der Waals surface area contributed by atoms with Gasteiger partial charge in [-0.3, -0.25) is 19.6 Å². The monoisotopic (exact) mass is 432 g/mol. The number of amides is 1. The highest BCUT2D eigenvalue weighted by molar-refractivity contribution is 5.94. The van der Waals surface area contributed by atoms with Gasteiger partial charge in [0.1, 0.15) is 0 Å². The Morgan fingerprint density at radius 2 is 2.00 bits per heavy atom. The molecule has 0 aromatic carbocycles. The van der Waals surface area contributed by atoms with Crippen molar-refractivity contribution < 1.29 is 19.1 Å². The second-order valence-electron chi connectivity index (χ2n) is 9.19. The van der Waals surface area contributed by atoms with Crippen molar-refractivity contribution in [1.29, 1.82) is 0 Å². The number of piperidine rings is 1. The van der Waals surface area contributed by atoms with Gasteiger partial charge in [-0.15, -0.1) is 0 Å². The van der Waals surface area contributed by atoms with Crippen LogP contribution in [0.3, 0.4) is 0 Å². The van der Waals surface area contributed by atoms with Crippen molar-refractivity contribution in [3.63, 3.8) is 0 Å². The van der Waals surface area contributed by atoms with Crippen LogP contribution >= 0.6 is 0 Å². The van der Waals surface area contributed by atoms with Crippen LogP contribution in [0.1, 0.15) is 61.3 Å². The molecule has 8 nitrogen and oxygen atoms in total. The van der Waals surface area contributed by atoms with Gasteiger partial charge in [0.05, 0.1) is 25.2 Å². The lowest BCUT2D eigenvalue weighted by Crippen LogP contribution is -2.59. The maximum atomic E-state index is 13.3. The fourth-order valence-electron chi connectivity index (χ4n) is 5.83. The zero-order chi connectivity index (χ0) is 22.0. The van der Waals surface area contributed by atoms with Gasteiger partial charge in [0.15, 0.2) is 5.69 Å². The number of carbonyl (C=O) groups is 2. The molecule has 0 unspecified atom stereocenters. The summed E-state index contributed by atoms with van der Waals surface area (Å²) in [5, 5.41) is 7.28. The number of aromatic amines is 1. The van der Waals surface area contributed by atoms with Gasteiger partial charge in [0, 0.05) is 43.5 Å². The smallest absolute Gasteiger partial charge is 0.314 e. The summed E-state index contributed by atoms with van der Waals surface area (Å²) in [7, 11) is 0. The Kier molecular flexibility index (Phi) is 6.67. The van der Waals surface area contributed by atoms with Gasteiger partial charge in [0.25, 0.3) is 5.91 Å². The van der Waals surface area contributed by atoms with Gasteiger partial charge in [-0.2, -0.15) is 5.10 Å². The summed E-state index contributed by atoms with van der Waals surface area (Å²) in [4.78, 5) is 30.9. The summed E-state index contributed by atoms with van der Waals surface area (Å²) in [6.07, 6.45) is 4.35. The molecule has 1 amide bonds. The van der Waals surface area contributed by atoms with Crippen molar-refractivity contribution in [1.82, 2.24) is 20.0 Å². The molecule has 8 heteroatoms. The first-order valence-corrected chi connectivity index (χ1v) is 11.8. The molecule has 1 aliphatic carbocycles. The number of fused-ring (bicyclic) bond motifs is 1. The first kappa shape index (κ1) is 22.3.